The minimum absolute atomic E-state index is 0.00691. The molecule has 474 valence electrons. The van der Waals surface area contributed by atoms with Crippen LogP contribution in [-0.2, 0) is 98.9 Å². The molecular weight excluding hydrogens is 1190 g/mol. The van der Waals surface area contributed by atoms with Crippen LogP contribution in [0.5, 0.6) is 11.8 Å². The monoisotopic (exact) mass is 1260 g/mol. The summed E-state index contributed by atoms with van der Waals surface area (Å²) in [5, 5.41) is 33.5. The fourth-order valence-electron chi connectivity index (χ4n) is 11.1. The average Bonchev–Trinajstić information content (AvgIpc) is 1.57. The van der Waals surface area contributed by atoms with E-state index in [1.54, 1.807) is 13.8 Å². The van der Waals surface area contributed by atoms with Crippen LogP contribution in [0.2, 0.25) is 0 Å². The van der Waals surface area contributed by atoms with Gasteiger partial charge in [0.15, 0.2) is 11.2 Å². The molecule has 0 saturated carbocycles. The van der Waals surface area contributed by atoms with Crippen molar-refractivity contribution in [2.45, 2.75) is 106 Å². The van der Waals surface area contributed by atoms with E-state index in [9.17, 15) is 18.6 Å². The fourth-order valence-corrected chi connectivity index (χ4v) is 11.6. The Bertz CT molecular complexity index is 4110. The summed E-state index contributed by atoms with van der Waals surface area (Å²) in [6.45, 7) is 4.95. The number of benzene rings is 6. The van der Waals surface area contributed by atoms with E-state index in [0.717, 1.165) is 44.2 Å². The van der Waals surface area contributed by atoms with Crippen molar-refractivity contribution in [1.29, 1.82) is 0 Å². The zero-order valence-electron chi connectivity index (χ0n) is 50.8. The molecule has 24 heteroatoms. The van der Waals surface area contributed by atoms with Gasteiger partial charge in [-0.25, -0.2) is 27.4 Å². The first kappa shape index (κ1) is 63.9. The van der Waals surface area contributed by atoms with Gasteiger partial charge in [-0.1, -0.05) is 182 Å². The largest absolute Gasteiger partial charge is 0.478 e. The van der Waals surface area contributed by atoms with Crippen LogP contribution in [0, 0.1) is 0 Å². The van der Waals surface area contributed by atoms with Gasteiger partial charge in [0, 0.05) is 6.26 Å². The van der Waals surface area contributed by atoms with E-state index >= 15 is 0 Å². The molecule has 0 bridgehead atoms. The number of fused-ring (bicyclic) bond motifs is 2. The van der Waals surface area contributed by atoms with Crippen molar-refractivity contribution >= 4 is 27.1 Å². The number of imidazole rings is 2. The van der Waals surface area contributed by atoms with Crippen molar-refractivity contribution in [2.75, 3.05) is 39.4 Å². The van der Waals surface area contributed by atoms with Crippen LogP contribution in [0.25, 0.3) is 11.3 Å². The summed E-state index contributed by atoms with van der Waals surface area (Å²) in [6, 6.07) is 58.1. The molecule has 10 aromatic rings. The third-order valence-electron chi connectivity index (χ3n) is 15.9. The molecule has 0 radical (unpaired) electrons. The van der Waals surface area contributed by atoms with E-state index in [0.29, 0.717) is 13.2 Å². The molecule has 2 fully saturated rings. The highest BCUT2D eigenvalue weighted by molar-refractivity contribution is 7.90. The number of nitrogens with zero attached hydrogens (tertiary/aromatic N) is 8. The molecule has 0 amide bonds. The van der Waals surface area contributed by atoms with Gasteiger partial charge in [-0.2, -0.15) is 9.97 Å². The quantitative estimate of drug-likeness (QED) is 0.0490. The van der Waals surface area contributed by atoms with Crippen molar-refractivity contribution in [3.05, 3.63) is 239 Å². The molecule has 2 saturated heterocycles. The van der Waals surface area contributed by atoms with Gasteiger partial charge in [-0.15, -0.1) is 10.2 Å². The first-order chi connectivity index (χ1) is 44.0. The SMILES string of the molecule is COc1nc(N)nn2c([C@]3(O)O[C@H](COCc4ccccc4)[C@@H](OCc4ccccc4)[C@@]3(C)OCc3ccccc3)cnc12.COc1nc(S(C)(=O)=O)nn2c([C@]3(O)O[C@H](COCc4ccccc4)[C@@H](OCc4ccccc4)[C@@]3(C)OCc3ccccc3)cnc12. The van der Waals surface area contributed by atoms with Crippen LogP contribution in [0.1, 0.15) is 58.6 Å². The Morgan fingerprint density at radius 1 is 0.495 bits per heavy atom. The van der Waals surface area contributed by atoms with Gasteiger partial charge in [0.2, 0.25) is 38.7 Å². The summed E-state index contributed by atoms with van der Waals surface area (Å²) in [5.41, 5.74) is 9.00. The van der Waals surface area contributed by atoms with E-state index in [4.69, 9.17) is 53.1 Å². The number of hydrogen-bond acceptors (Lipinski definition) is 21. The van der Waals surface area contributed by atoms with Gasteiger partial charge in [-0.3, -0.25) is 0 Å². The molecule has 4 aromatic heterocycles. The number of ether oxygens (including phenoxy) is 10. The molecule has 6 aromatic carbocycles. The minimum Gasteiger partial charge on any atom is -0.478 e. The summed E-state index contributed by atoms with van der Waals surface area (Å²) < 4.78 is 90.1. The summed E-state index contributed by atoms with van der Waals surface area (Å²) in [5.74, 6) is -4.41. The summed E-state index contributed by atoms with van der Waals surface area (Å²) in [7, 11) is -1.09. The lowest BCUT2D eigenvalue weighted by molar-refractivity contribution is -0.294. The lowest BCUT2D eigenvalue weighted by Crippen LogP contribution is -2.55. The highest BCUT2D eigenvalue weighted by Crippen LogP contribution is 2.52. The summed E-state index contributed by atoms with van der Waals surface area (Å²) >= 11 is 0. The van der Waals surface area contributed by atoms with Gasteiger partial charge >= 0.3 is 0 Å². The molecular formula is C67H71N9O14S. The number of anilines is 1. The van der Waals surface area contributed by atoms with Crippen LogP contribution in [-0.4, -0.2) is 127 Å². The Balaban J connectivity index is 0.000000187. The number of methoxy groups -OCH3 is 2. The van der Waals surface area contributed by atoms with E-state index in [1.807, 2.05) is 182 Å². The fraction of sp³-hybridized carbons (Fsp3) is 0.313. The maximum atomic E-state index is 12.8. The molecule has 0 unspecified atom stereocenters. The number of nitrogens with two attached hydrogens (primary N) is 1. The van der Waals surface area contributed by atoms with Crippen LogP contribution >= 0.6 is 0 Å². The third-order valence-corrected chi connectivity index (χ3v) is 16.8. The highest BCUT2D eigenvalue weighted by Gasteiger charge is 2.68. The standard InChI is InChI=1S/C34H36N4O8S.C33H35N5O6/c1-33(45-22-26-17-11-6-12-18-26)29(44-21-25-15-9-5-10-16-25)27(23-43-20-24-13-7-4-8-14-24)46-34(33,39)28-19-35-30-31(42-2)36-32(37-38(28)30)47(3,40)41;1-32(43-21-25-16-10-5-11-17-25)28(42-20-24-14-8-4-9-15-24)26(22-41-19-23-12-6-3-7-13-23)44-33(32,39)27-18-35-29-30(40-2)36-31(34)37-38(27)29/h4-19,27,29,39H,20-23H2,1-3H3;3-18,26,28,39H,19-22H2,1-2H3,(H2,34,37)/t27-,29-,33-,34+;26-,28-,32-,33+/m11/s1. The minimum atomic E-state index is -3.89. The smallest absolute Gasteiger partial charge is 0.268 e. The number of aromatic nitrogens is 8. The number of nitrogen functional groups attached to an aromatic ring is 1. The van der Waals surface area contributed by atoms with Crippen molar-refractivity contribution in [3.63, 3.8) is 0 Å². The lowest BCUT2D eigenvalue weighted by atomic mass is 9.87. The maximum absolute atomic E-state index is 12.8. The lowest BCUT2D eigenvalue weighted by Gasteiger charge is -2.39. The average molecular weight is 1260 g/mol. The Hall–Kier alpha value is -8.63. The van der Waals surface area contributed by atoms with E-state index < -0.39 is 62.2 Å². The molecule has 8 atom stereocenters. The molecule has 2 aliphatic rings. The Labute approximate surface area is 526 Å². The van der Waals surface area contributed by atoms with Crippen LogP contribution in [0.15, 0.2) is 200 Å². The second-order valence-electron chi connectivity index (χ2n) is 22.2. The maximum Gasteiger partial charge on any atom is 0.268 e. The molecule has 0 aliphatic carbocycles. The predicted octanol–water partition coefficient (Wildman–Crippen LogP) is 7.89. The predicted molar refractivity (Wildman–Crippen MR) is 331 cm³/mol. The zero-order chi connectivity index (χ0) is 63.6. The van der Waals surface area contributed by atoms with Crippen LogP contribution < -0.4 is 15.2 Å². The molecule has 0 spiro atoms. The van der Waals surface area contributed by atoms with Gasteiger partial charge in [0.05, 0.1) is 79.5 Å². The summed E-state index contributed by atoms with van der Waals surface area (Å²) in [6.07, 6.45) is 0.485. The van der Waals surface area contributed by atoms with Gasteiger partial charge in [0.25, 0.3) is 16.9 Å². The zero-order valence-corrected chi connectivity index (χ0v) is 51.6. The second-order valence-corrected chi connectivity index (χ2v) is 24.1. The van der Waals surface area contributed by atoms with Crippen molar-refractivity contribution in [2.24, 2.45) is 0 Å². The topological polar surface area (TPSA) is 279 Å². The van der Waals surface area contributed by atoms with Gasteiger partial charge in [0.1, 0.15) is 35.8 Å². The molecule has 12 rings (SSSR count). The van der Waals surface area contributed by atoms with Crippen molar-refractivity contribution < 1.29 is 66.0 Å². The van der Waals surface area contributed by atoms with E-state index in [-0.39, 0.29) is 80.0 Å². The van der Waals surface area contributed by atoms with Crippen LogP contribution in [0.4, 0.5) is 5.95 Å². The Morgan fingerprint density at radius 2 is 0.824 bits per heavy atom. The van der Waals surface area contributed by atoms with Gasteiger partial charge < -0.3 is 63.3 Å². The van der Waals surface area contributed by atoms with E-state index in [2.05, 4.69) is 30.1 Å². The molecule has 91 heavy (non-hydrogen) atoms. The number of sulfone groups is 1. The first-order valence-electron chi connectivity index (χ1n) is 29.3. The van der Waals surface area contributed by atoms with Crippen molar-refractivity contribution in [3.8, 4) is 11.8 Å². The third kappa shape index (κ3) is 13.7. The first-order valence-corrected chi connectivity index (χ1v) is 31.2. The Morgan fingerprint density at radius 3 is 1.18 bits per heavy atom. The van der Waals surface area contributed by atoms with Crippen LogP contribution in [0.3, 0.4) is 0 Å². The molecule has 2 aliphatic heterocycles. The highest BCUT2D eigenvalue weighted by atomic mass is 32.2. The normalized spacial score (nSPS) is 23.1. The molecule has 4 N–H and O–H groups in total. The number of hydrogen-bond donors (Lipinski definition) is 3. The second kappa shape index (κ2) is 27.9. The van der Waals surface area contributed by atoms with Gasteiger partial charge in [-0.05, 0) is 47.2 Å². The molecule has 6 heterocycles. The van der Waals surface area contributed by atoms with E-state index in [1.165, 1.54) is 31.1 Å². The Kier molecular flexibility index (Phi) is 19.6. The number of rotatable bonds is 25. The molecule has 23 nitrogen and oxygen atoms in total. The summed E-state index contributed by atoms with van der Waals surface area (Å²) in [4.78, 5) is 17.0. The number of aliphatic hydroxyl groups is 2. The van der Waals surface area contributed by atoms with Crippen molar-refractivity contribution in [1.82, 2.24) is 39.2 Å².